The zero-order valence-corrected chi connectivity index (χ0v) is 15.9. The molecular formula is C17H23FN4O3S. The number of thiophene rings is 1. The number of ether oxygens (including phenoxy) is 1. The number of halogens is 1. The third kappa shape index (κ3) is 6.14. The van der Waals surface area contributed by atoms with E-state index in [1.165, 1.54) is 15.8 Å². The second kappa shape index (κ2) is 8.79. The Morgan fingerprint density at radius 2 is 2.23 bits per heavy atom. The lowest BCUT2D eigenvalue weighted by atomic mass is 10.1. The summed E-state index contributed by atoms with van der Waals surface area (Å²) < 4.78 is 20.7. The lowest BCUT2D eigenvalue weighted by Gasteiger charge is -2.20. The van der Waals surface area contributed by atoms with Crippen molar-refractivity contribution in [1.82, 2.24) is 19.7 Å². The van der Waals surface area contributed by atoms with Crippen LogP contribution in [0.25, 0.3) is 0 Å². The molecule has 1 N–H and O–H groups in total. The van der Waals surface area contributed by atoms with Gasteiger partial charge >= 0.3 is 11.8 Å². The highest BCUT2D eigenvalue weighted by Crippen LogP contribution is 2.09. The Balaban J connectivity index is 1.90. The predicted molar refractivity (Wildman–Crippen MR) is 97.9 cm³/mol. The van der Waals surface area contributed by atoms with Gasteiger partial charge in [0.1, 0.15) is 12.9 Å². The SMILES string of the molecule is CC(C)(C)NC(=O)OC/C(=C/F)Cn1ncn(CCc2cccs2)c1=O. The minimum absolute atomic E-state index is 0.0792. The summed E-state index contributed by atoms with van der Waals surface area (Å²) in [6, 6.07) is 3.96. The van der Waals surface area contributed by atoms with Crippen LogP contribution in [0.1, 0.15) is 25.6 Å². The summed E-state index contributed by atoms with van der Waals surface area (Å²) in [6.45, 7) is 5.59. The van der Waals surface area contributed by atoms with Gasteiger partial charge in [-0.1, -0.05) is 6.07 Å². The van der Waals surface area contributed by atoms with E-state index in [1.54, 1.807) is 11.3 Å². The van der Waals surface area contributed by atoms with Gasteiger partial charge in [0.15, 0.2) is 0 Å². The Hall–Kier alpha value is -2.42. The first-order chi connectivity index (χ1) is 12.3. The lowest BCUT2D eigenvalue weighted by molar-refractivity contribution is 0.145. The van der Waals surface area contributed by atoms with Crippen molar-refractivity contribution < 1.29 is 13.9 Å². The molecule has 0 saturated heterocycles. The fourth-order valence-electron chi connectivity index (χ4n) is 2.12. The molecule has 0 unspecified atom stereocenters. The van der Waals surface area contributed by atoms with Crippen molar-refractivity contribution in [3.05, 3.63) is 51.1 Å². The van der Waals surface area contributed by atoms with Crippen LogP contribution in [0.4, 0.5) is 9.18 Å². The normalized spacial score (nSPS) is 12.2. The number of hydrogen-bond donors (Lipinski definition) is 1. The molecule has 0 spiro atoms. The molecule has 0 saturated carbocycles. The monoisotopic (exact) mass is 382 g/mol. The van der Waals surface area contributed by atoms with Gasteiger partial charge in [-0.05, 0) is 38.6 Å². The molecule has 0 aliphatic heterocycles. The molecule has 0 aliphatic carbocycles. The quantitative estimate of drug-likeness (QED) is 0.799. The maximum atomic E-state index is 13.1. The van der Waals surface area contributed by atoms with E-state index in [0.29, 0.717) is 12.9 Å². The van der Waals surface area contributed by atoms with Gasteiger partial charge in [0.2, 0.25) is 0 Å². The van der Waals surface area contributed by atoms with Crippen LogP contribution in [0.5, 0.6) is 0 Å². The molecule has 2 aromatic heterocycles. The lowest BCUT2D eigenvalue weighted by Crippen LogP contribution is -2.41. The van der Waals surface area contributed by atoms with Gasteiger partial charge < -0.3 is 10.1 Å². The van der Waals surface area contributed by atoms with Crippen molar-refractivity contribution in [2.75, 3.05) is 6.61 Å². The molecule has 0 aromatic carbocycles. The van der Waals surface area contributed by atoms with Crippen LogP contribution in [-0.2, 0) is 24.2 Å². The third-order valence-electron chi connectivity index (χ3n) is 3.35. The number of nitrogens with zero attached hydrogens (tertiary/aromatic N) is 3. The molecule has 0 radical (unpaired) electrons. The Morgan fingerprint density at radius 1 is 1.46 bits per heavy atom. The number of amides is 1. The van der Waals surface area contributed by atoms with Gasteiger partial charge in [0.05, 0.1) is 12.9 Å². The van der Waals surface area contributed by atoms with E-state index in [-0.39, 0.29) is 24.4 Å². The number of aryl methyl sites for hydroxylation is 2. The van der Waals surface area contributed by atoms with Crippen molar-refractivity contribution in [2.45, 2.75) is 45.8 Å². The maximum Gasteiger partial charge on any atom is 0.407 e. The molecule has 7 nitrogen and oxygen atoms in total. The number of carbonyl (C=O) groups excluding carboxylic acids is 1. The van der Waals surface area contributed by atoms with Crippen molar-refractivity contribution in [1.29, 1.82) is 0 Å². The molecule has 26 heavy (non-hydrogen) atoms. The average Bonchev–Trinajstić information content (AvgIpc) is 3.18. The highest BCUT2D eigenvalue weighted by molar-refractivity contribution is 7.09. The zero-order chi connectivity index (χ0) is 19.2. The van der Waals surface area contributed by atoms with Gasteiger partial charge in [0, 0.05) is 22.5 Å². The molecule has 0 atom stereocenters. The number of carbonyl (C=O) groups is 1. The molecule has 0 bridgehead atoms. The maximum absolute atomic E-state index is 13.1. The van der Waals surface area contributed by atoms with E-state index in [2.05, 4.69) is 10.4 Å². The third-order valence-corrected chi connectivity index (χ3v) is 4.29. The second-order valence-corrected chi connectivity index (χ2v) is 7.84. The van der Waals surface area contributed by atoms with Crippen LogP contribution in [-0.4, -0.2) is 32.6 Å². The predicted octanol–water partition coefficient (Wildman–Crippen LogP) is 2.73. The first kappa shape index (κ1) is 19.9. The van der Waals surface area contributed by atoms with Gasteiger partial charge in [-0.3, -0.25) is 4.57 Å². The molecule has 142 valence electrons. The summed E-state index contributed by atoms with van der Waals surface area (Å²) >= 11 is 1.63. The van der Waals surface area contributed by atoms with Crippen LogP contribution in [0.2, 0.25) is 0 Å². The molecular weight excluding hydrogens is 359 g/mol. The first-order valence-electron chi connectivity index (χ1n) is 8.16. The molecule has 2 rings (SSSR count). The molecule has 9 heteroatoms. The van der Waals surface area contributed by atoms with Gasteiger partial charge in [-0.15, -0.1) is 11.3 Å². The molecule has 2 heterocycles. The topological polar surface area (TPSA) is 78.2 Å². The Kier molecular flexibility index (Phi) is 6.73. The first-order valence-corrected chi connectivity index (χ1v) is 9.04. The molecule has 1 amide bonds. The van der Waals surface area contributed by atoms with Crippen LogP contribution in [0.15, 0.2) is 40.5 Å². The van der Waals surface area contributed by atoms with E-state index in [9.17, 15) is 14.0 Å². The zero-order valence-electron chi connectivity index (χ0n) is 15.1. The number of hydrogen-bond acceptors (Lipinski definition) is 5. The van der Waals surface area contributed by atoms with Crippen molar-refractivity contribution >= 4 is 17.4 Å². The van der Waals surface area contributed by atoms with E-state index in [1.807, 2.05) is 38.3 Å². The fourth-order valence-corrected chi connectivity index (χ4v) is 2.82. The van der Waals surface area contributed by atoms with Crippen LogP contribution < -0.4 is 11.0 Å². The number of aromatic nitrogens is 3. The number of alkyl carbamates (subject to hydrolysis) is 1. The van der Waals surface area contributed by atoms with Crippen molar-refractivity contribution in [3.63, 3.8) is 0 Å². The minimum Gasteiger partial charge on any atom is -0.445 e. The van der Waals surface area contributed by atoms with Crippen LogP contribution in [0, 0.1) is 0 Å². The largest absolute Gasteiger partial charge is 0.445 e. The van der Waals surface area contributed by atoms with Crippen LogP contribution >= 0.6 is 11.3 Å². The summed E-state index contributed by atoms with van der Waals surface area (Å²) in [7, 11) is 0. The highest BCUT2D eigenvalue weighted by Gasteiger charge is 2.15. The number of nitrogens with one attached hydrogen (secondary N) is 1. The van der Waals surface area contributed by atoms with Crippen LogP contribution in [0.3, 0.4) is 0 Å². The summed E-state index contributed by atoms with van der Waals surface area (Å²) in [5.41, 5.74) is -0.644. The number of rotatable bonds is 7. The molecule has 0 fully saturated rings. The Bertz CT molecular complexity index is 803. The van der Waals surface area contributed by atoms with E-state index in [0.717, 1.165) is 11.1 Å². The summed E-state index contributed by atoms with van der Waals surface area (Å²) in [4.78, 5) is 25.1. The van der Waals surface area contributed by atoms with Gasteiger partial charge in [-0.2, -0.15) is 5.10 Å². The smallest absolute Gasteiger partial charge is 0.407 e. The Labute approximate surface area is 155 Å². The minimum atomic E-state index is -0.648. The fraction of sp³-hybridized carbons (Fsp3) is 0.471. The van der Waals surface area contributed by atoms with Crippen molar-refractivity contribution in [3.8, 4) is 0 Å². The van der Waals surface area contributed by atoms with E-state index >= 15 is 0 Å². The van der Waals surface area contributed by atoms with Crippen molar-refractivity contribution in [2.24, 2.45) is 0 Å². The standard InChI is InChI=1S/C17H23FN4O3S/c1-17(2,3)20-15(23)25-11-13(9-18)10-22-16(24)21(12-19-22)7-6-14-5-4-8-26-14/h4-5,8-9,12H,6-7,10-11H2,1-3H3,(H,20,23)/b13-9+. The Morgan fingerprint density at radius 3 is 2.85 bits per heavy atom. The summed E-state index contributed by atoms with van der Waals surface area (Å²) in [5, 5.41) is 8.59. The van der Waals surface area contributed by atoms with E-state index < -0.39 is 11.6 Å². The molecule has 2 aromatic rings. The summed E-state index contributed by atoms with van der Waals surface area (Å²) in [6.07, 6.45) is 1.84. The summed E-state index contributed by atoms with van der Waals surface area (Å²) in [5.74, 6) is 0. The average molecular weight is 382 g/mol. The van der Waals surface area contributed by atoms with E-state index in [4.69, 9.17) is 4.74 Å². The van der Waals surface area contributed by atoms with Gasteiger partial charge in [-0.25, -0.2) is 18.7 Å². The second-order valence-electron chi connectivity index (χ2n) is 6.81. The molecule has 0 aliphatic rings. The van der Waals surface area contributed by atoms with Gasteiger partial charge in [0.25, 0.3) is 0 Å². The highest BCUT2D eigenvalue weighted by atomic mass is 32.1.